The van der Waals surface area contributed by atoms with Crippen LogP contribution in [-0.2, 0) is 15.7 Å². The van der Waals surface area contributed by atoms with E-state index in [9.17, 15) is 23.1 Å². The average molecular weight is 503 g/mol. The van der Waals surface area contributed by atoms with Gasteiger partial charge in [0.15, 0.2) is 0 Å². The molecule has 32 heavy (non-hydrogen) atoms. The van der Waals surface area contributed by atoms with Crippen LogP contribution in [0, 0.1) is 12.8 Å². The number of pyridine rings is 1. The molecule has 3 aromatic rings. The van der Waals surface area contributed by atoms with Gasteiger partial charge in [-0.3, -0.25) is 9.78 Å². The minimum absolute atomic E-state index is 0.0207. The lowest BCUT2D eigenvalue weighted by Gasteiger charge is -2.23. The van der Waals surface area contributed by atoms with E-state index in [-0.39, 0.29) is 11.3 Å². The van der Waals surface area contributed by atoms with Gasteiger partial charge in [0.2, 0.25) is 5.56 Å². The van der Waals surface area contributed by atoms with Gasteiger partial charge in [-0.25, -0.2) is 4.98 Å². The first-order chi connectivity index (χ1) is 15.1. The first-order valence-electron chi connectivity index (χ1n) is 9.30. The number of rotatable bonds is 8. The molecule has 3 rings (SSSR count). The number of alkyl halides is 4. The number of esters is 1. The number of nitrogens with zero attached hydrogens (tertiary/aromatic N) is 2. The van der Waals surface area contributed by atoms with Crippen molar-refractivity contribution in [2.45, 2.75) is 29.1 Å². The smallest absolute Gasteiger partial charge is 0.416 e. The molecule has 0 saturated carbocycles. The van der Waals surface area contributed by atoms with Gasteiger partial charge < -0.3 is 9.84 Å². The summed E-state index contributed by atoms with van der Waals surface area (Å²) < 4.78 is 44.9. The van der Waals surface area contributed by atoms with Crippen LogP contribution in [0.3, 0.4) is 0 Å². The Labute approximate surface area is 195 Å². The van der Waals surface area contributed by atoms with Gasteiger partial charge in [-0.1, -0.05) is 41.6 Å². The number of aliphatic hydroxyl groups excluding tert-OH is 1. The lowest BCUT2D eigenvalue weighted by atomic mass is 9.99. The van der Waals surface area contributed by atoms with Crippen LogP contribution in [-0.4, -0.2) is 26.8 Å². The number of benzene rings is 1. The Morgan fingerprint density at radius 3 is 2.66 bits per heavy atom. The number of hydrogen-bond acceptors (Lipinski definition) is 7. The van der Waals surface area contributed by atoms with Crippen molar-refractivity contribution >= 4 is 40.7 Å². The van der Waals surface area contributed by atoms with E-state index in [2.05, 4.69) is 9.97 Å². The summed E-state index contributed by atoms with van der Waals surface area (Å²) in [4.78, 5) is 21.2. The van der Waals surface area contributed by atoms with Crippen LogP contribution >= 0.6 is 34.7 Å². The van der Waals surface area contributed by atoms with E-state index >= 15 is 0 Å². The highest BCUT2D eigenvalue weighted by atomic mass is 35.5. The molecule has 2 heterocycles. The topological polar surface area (TPSA) is 72.3 Å². The fraction of sp³-hybridized carbons (Fsp3) is 0.286. The molecule has 3 atom stereocenters. The molecule has 11 heteroatoms. The van der Waals surface area contributed by atoms with Gasteiger partial charge in [0.1, 0.15) is 4.34 Å². The predicted octanol–water partition coefficient (Wildman–Crippen LogP) is 5.79. The quantitative estimate of drug-likeness (QED) is 0.239. The number of carbonyl (C=O) groups excluding carboxylic acids is 1. The maximum atomic E-state index is 13.0. The van der Waals surface area contributed by atoms with Gasteiger partial charge in [-0.2, -0.15) is 13.2 Å². The first-order valence-corrected chi connectivity index (χ1v) is 11.6. The molecule has 170 valence electrons. The summed E-state index contributed by atoms with van der Waals surface area (Å²) in [6, 6.07) is 7.47. The Morgan fingerprint density at radius 1 is 1.28 bits per heavy atom. The summed E-state index contributed by atoms with van der Waals surface area (Å²) in [5.41, 5.74) is -1.16. The lowest BCUT2D eigenvalue weighted by molar-refractivity contribution is -0.153. The molecule has 0 spiro atoms. The van der Waals surface area contributed by atoms with E-state index in [0.29, 0.717) is 9.90 Å². The van der Waals surface area contributed by atoms with Crippen molar-refractivity contribution in [3.63, 3.8) is 0 Å². The highest BCUT2D eigenvalue weighted by molar-refractivity contribution is 8.01. The maximum absolute atomic E-state index is 13.0. The zero-order valence-electron chi connectivity index (χ0n) is 16.6. The van der Waals surface area contributed by atoms with Crippen LogP contribution in [0.1, 0.15) is 34.1 Å². The molecule has 0 radical (unpaired) electrons. The third-order valence-electron chi connectivity index (χ3n) is 4.39. The summed E-state index contributed by atoms with van der Waals surface area (Å²) in [5, 5.41) is 12.7. The van der Waals surface area contributed by atoms with Gasteiger partial charge in [0, 0.05) is 34.8 Å². The number of halogens is 4. The van der Waals surface area contributed by atoms with Gasteiger partial charge in [0.25, 0.3) is 0 Å². The lowest BCUT2D eigenvalue weighted by Crippen LogP contribution is -2.27. The number of aromatic nitrogens is 2. The molecule has 3 unspecified atom stereocenters. The number of ether oxygens (including phenoxy) is 1. The minimum Gasteiger partial charge on any atom is -0.441 e. The molecule has 1 N–H and O–H groups in total. The second-order valence-corrected chi connectivity index (χ2v) is 9.30. The molecule has 0 fully saturated rings. The summed E-state index contributed by atoms with van der Waals surface area (Å²) in [5.74, 6) is -1.78. The number of carbonyl (C=O) groups is 1. The standard InChI is InChI=1S/C21H18ClF3N2O3S2/c1-12-10-31-20(27-12)32-11-16(17(28)14-5-3-7-26-9-14)19(29)30-18(22)13-4-2-6-15(8-13)21(23,24)25/h2-10,16-18,28H,11H2,1H3. The molecule has 1 aromatic carbocycles. The van der Waals surface area contributed by atoms with Crippen molar-refractivity contribution in [2.75, 3.05) is 5.75 Å². The van der Waals surface area contributed by atoms with Crippen molar-refractivity contribution in [1.29, 1.82) is 0 Å². The molecule has 0 aliphatic heterocycles. The number of thioether (sulfide) groups is 1. The first kappa shape index (κ1) is 24.5. The molecule has 2 aromatic heterocycles. The Bertz CT molecular complexity index is 1050. The van der Waals surface area contributed by atoms with Crippen LogP contribution in [0.5, 0.6) is 0 Å². The largest absolute Gasteiger partial charge is 0.441 e. The monoisotopic (exact) mass is 502 g/mol. The summed E-state index contributed by atoms with van der Waals surface area (Å²) in [6.07, 6.45) is -2.86. The van der Waals surface area contributed by atoms with Crippen LogP contribution in [0.15, 0.2) is 58.5 Å². The average Bonchev–Trinajstić information content (AvgIpc) is 3.18. The molecule has 0 amide bonds. The van der Waals surface area contributed by atoms with Crippen molar-refractivity contribution in [3.8, 4) is 0 Å². The van der Waals surface area contributed by atoms with Gasteiger partial charge in [-0.15, -0.1) is 11.3 Å². The molecular formula is C21H18ClF3N2O3S2. The van der Waals surface area contributed by atoms with Crippen molar-refractivity contribution < 1.29 is 27.8 Å². The van der Waals surface area contributed by atoms with Crippen LogP contribution in [0.2, 0.25) is 0 Å². The third kappa shape index (κ3) is 6.44. The van der Waals surface area contributed by atoms with E-state index in [1.54, 1.807) is 12.1 Å². The van der Waals surface area contributed by atoms with Gasteiger partial charge in [-0.05, 0) is 30.7 Å². The van der Waals surface area contributed by atoms with E-state index in [0.717, 1.165) is 17.8 Å². The molecule has 0 aliphatic carbocycles. The van der Waals surface area contributed by atoms with Crippen molar-refractivity contribution in [2.24, 2.45) is 5.92 Å². The summed E-state index contributed by atoms with van der Waals surface area (Å²) >= 11 is 8.78. The molecule has 0 bridgehead atoms. The number of thiazole rings is 1. The fourth-order valence-corrected chi connectivity index (χ4v) is 4.96. The molecular weight excluding hydrogens is 485 g/mol. The SMILES string of the molecule is Cc1csc(SCC(C(=O)OC(Cl)c2cccc(C(F)(F)F)c2)C(O)c2cccnc2)n1. The van der Waals surface area contributed by atoms with E-state index in [4.69, 9.17) is 16.3 Å². The van der Waals surface area contributed by atoms with Crippen LogP contribution < -0.4 is 0 Å². The number of aliphatic hydroxyl groups is 1. The van der Waals surface area contributed by atoms with Crippen molar-refractivity contribution in [3.05, 3.63) is 76.6 Å². The zero-order chi connectivity index (χ0) is 23.3. The normalized spacial score (nSPS) is 14.6. The van der Waals surface area contributed by atoms with Crippen LogP contribution in [0.4, 0.5) is 13.2 Å². The highest BCUT2D eigenvalue weighted by Crippen LogP contribution is 2.35. The third-order valence-corrected chi connectivity index (χ3v) is 6.99. The minimum atomic E-state index is -4.56. The molecule has 0 aliphatic rings. The summed E-state index contributed by atoms with van der Waals surface area (Å²) in [6.45, 7) is 1.84. The predicted molar refractivity (Wildman–Crippen MR) is 116 cm³/mol. The second-order valence-electron chi connectivity index (χ2n) is 6.78. The molecule has 5 nitrogen and oxygen atoms in total. The number of hydrogen-bond donors (Lipinski definition) is 1. The zero-order valence-corrected chi connectivity index (χ0v) is 19.0. The van der Waals surface area contributed by atoms with E-state index < -0.39 is 35.3 Å². The van der Waals surface area contributed by atoms with E-state index in [1.165, 1.54) is 47.6 Å². The Balaban J connectivity index is 1.78. The van der Waals surface area contributed by atoms with E-state index in [1.807, 2.05) is 12.3 Å². The Morgan fingerprint density at radius 2 is 2.03 bits per heavy atom. The summed E-state index contributed by atoms with van der Waals surface area (Å²) in [7, 11) is 0. The molecule has 0 saturated heterocycles. The highest BCUT2D eigenvalue weighted by Gasteiger charge is 2.34. The fourth-order valence-electron chi connectivity index (χ4n) is 2.74. The second kappa shape index (κ2) is 10.7. The van der Waals surface area contributed by atoms with Crippen molar-refractivity contribution in [1.82, 2.24) is 9.97 Å². The van der Waals surface area contributed by atoms with Crippen LogP contribution in [0.25, 0.3) is 0 Å². The van der Waals surface area contributed by atoms with Gasteiger partial charge >= 0.3 is 12.1 Å². The Kier molecular flexibility index (Phi) is 8.16. The maximum Gasteiger partial charge on any atom is 0.416 e. The number of aryl methyl sites for hydroxylation is 1. The Hall–Kier alpha value is -2.14. The van der Waals surface area contributed by atoms with Gasteiger partial charge in [0.05, 0.1) is 17.6 Å².